The first-order valence-electron chi connectivity index (χ1n) is 13.1. The average Bonchev–Trinajstić information content (AvgIpc) is 3.74. The molecule has 2 aromatic heterocycles. The van der Waals surface area contributed by atoms with Crippen molar-refractivity contribution in [2.24, 2.45) is 13.0 Å². The predicted molar refractivity (Wildman–Crippen MR) is 139 cm³/mol. The maximum atomic E-state index is 12.3. The lowest BCUT2D eigenvalue weighted by atomic mass is 9.87. The smallest absolute Gasteiger partial charge is 0.488 e. The number of carbonyl (C=O) groups excluding carboxylic acids is 2. The first-order valence-corrected chi connectivity index (χ1v) is 13.1. The van der Waals surface area contributed by atoms with Crippen LogP contribution in [0.3, 0.4) is 0 Å². The summed E-state index contributed by atoms with van der Waals surface area (Å²) < 4.78 is 23.2. The van der Waals surface area contributed by atoms with Crippen LogP contribution in [0.25, 0.3) is 11.4 Å². The maximum Gasteiger partial charge on any atom is 0.514 e. The van der Waals surface area contributed by atoms with E-state index in [2.05, 4.69) is 10.3 Å². The summed E-state index contributed by atoms with van der Waals surface area (Å²) in [5.41, 5.74) is 2.26. The number of aromatic nitrogens is 4. The van der Waals surface area contributed by atoms with Gasteiger partial charge in [0.25, 0.3) is 5.69 Å². The summed E-state index contributed by atoms with van der Waals surface area (Å²) in [6.07, 6.45) is 4.11. The molecule has 13 nitrogen and oxygen atoms in total. The Labute approximate surface area is 229 Å². The van der Waals surface area contributed by atoms with E-state index in [1.165, 1.54) is 36.1 Å². The molecule has 0 radical (unpaired) electrons. The van der Waals surface area contributed by atoms with Gasteiger partial charge in [0.15, 0.2) is 0 Å². The van der Waals surface area contributed by atoms with Crippen LogP contribution in [-0.2, 0) is 27.9 Å². The van der Waals surface area contributed by atoms with Crippen molar-refractivity contribution in [2.75, 3.05) is 7.11 Å². The van der Waals surface area contributed by atoms with Crippen LogP contribution in [0.5, 0.6) is 11.5 Å². The fraction of sp³-hybridized carbons (Fsp3) is 0.444. The quantitative estimate of drug-likeness (QED) is 0.160. The highest BCUT2D eigenvalue weighted by Crippen LogP contribution is 2.45. The molecule has 2 saturated carbocycles. The zero-order valence-electron chi connectivity index (χ0n) is 22.1. The van der Waals surface area contributed by atoms with Crippen molar-refractivity contribution in [3.05, 3.63) is 57.9 Å². The van der Waals surface area contributed by atoms with Gasteiger partial charge in [-0.15, -0.1) is 5.10 Å². The van der Waals surface area contributed by atoms with Gasteiger partial charge in [0.1, 0.15) is 29.5 Å². The summed E-state index contributed by atoms with van der Waals surface area (Å²) >= 11 is 0. The van der Waals surface area contributed by atoms with Crippen LogP contribution in [0, 0.1) is 16.0 Å². The first-order chi connectivity index (χ1) is 19.3. The molecule has 0 amide bonds. The molecule has 2 fully saturated rings. The lowest BCUT2D eigenvalue weighted by Crippen LogP contribution is -2.30. The molecular formula is C27H29N5O8. The molecule has 2 heterocycles. The molecule has 3 aromatic rings. The van der Waals surface area contributed by atoms with Crippen molar-refractivity contribution in [1.82, 2.24) is 20.0 Å². The second-order valence-electron chi connectivity index (χ2n) is 9.88. The standard InChI is InChI=1S/C27H29N5O8/c1-31-22(15-38-27(34)40-19-10-8-18(9-11-19)32(35)36)25(29-30-31)21-12-13-23(24(28-21)16-6-7-16)39-20-5-3-4-17(14-20)26(33)37-2/h8-13,16-17,20H,3-7,14-15H2,1-2H3. The Balaban J connectivity index is 1.27. The molecule has 13 heteroatoms. The Bertz CT molecular complexity index is 1400. The summed E-state index contributed by atoms with van der Waals surface area (Å²) in [5, 5.41) is 19.1. The Morgan fingerprint density at radius 3 is 2.58 bits per heavy atom. The van der Waals surface area contributed by atoms with Gasteiger partial charge in [-0.1, -0.05) is 5.21 Å². The fourth-order valence-electron chi connectivity index (χ4n) is 4.78. The Morgan fingerprint density at radius 2 is 1.88 bits per heavy atom. The molecule has 40 heavy (non-hydrogen) atoms. The monoisotopic (exact) mass is 551 g/mol. The van der Waals surface area contributed by atoms with Crippen LogP contribution in [0.2, 0.25) is 0 Å². The van der Waals surface area contributed by atoms with Gasteiger partial charge in [0.2, 0.25) is 0 Å². The van der Waals surface area contributed by atoms with Gasteiger partial charge >= 0.3 is 12.1 Å². The third-order valence-electron chi connectivity index (χ3n) is 7.07. The van der Waals surface area contributed by atoms with E-state index in [-0.39, 0.29) is 42.0 Å². The molecule has 0 saturated heterocycles. The molecule has 210 valence electrons. The molecule has 2 aliphatic rings. The van der Waals surface area contributed by atoms with Gasteiger partial charge in [-0.2, -0.15) is 0 Å². The highest BCUT2D eigenvalue weighted by atomic mass is 16.7. The molecule has 0 N–H and O–H groups in total. The number of pyridine rings is 1. The number of methoxy groups -OCH3 is 1. The number of rotatable bonds is 9. The third kappa shape index (κ3) is 6.19. The second kappa shape index (κ2) is 11.7. The summed E-state index contributed by atoms with van der Waals surface area (Å²) in [6.45, 7) is -0.180. The maximum absolute atomic E-state index is 12.3. The van der Waals surface area contributed by atoms with Crippen LogP contribution in [0.15, 0.2) is 36.4 Å². The average molecular weight is 552 g/mol. The minimum atomic E-state index is -0.978. The molecule has 2 aliphatic carbocycles. The van der Waals surface area contributed by atoms with Crippen LogP contribution in [0.1, 0.15) is 55.8 Å². The fourth-order valence-corrected chi connectivity index (χ4v) is 4.78. The number of ether oxygens (including phenoxy) is 4. The summed E-state index contributed by atoms with van der Waals surface area (Å²) in [6, 6.07) is 8.76. The van der Waals surface area contributed by atoms with E-state index in [0.29, 0.717) is 29.3 Å². The Kier molecular flexibility index (Phi) is 7.89. The van der Waals surface area contributed by atoms with Crippen molar-refractivity contribution in [1.29, 1.82) is 0 Å². The number of hydrogen-bond acceptors (Lipinski definition) is 11. The van der Waals surface area contributed by atoms with Gasteiger partial charge in [0, 0.05) is 25.1 Å². The molecular weight excluding hydrogens is 522 g/mol. The van der Waals surface area contributed by atoms with Crippen molar-refractivity contribution in [3.8, 4) is 22.9 Å². The number of carbonyl (C=O) groups is 2. The SMILES string of the molecule is COC(=O)C1CCCC(Oc2ccc(-c3nnn(C)c3COC(=O)Oc3ccc([N+](=O)[O-])cc3)nc2C2CC2)C1. The molecule has 0 aliphatic heterocycles. The Hall–Kier alpha value is -4.55. The van der Waals surface area contributed by atoms with Gasteiger partial charge in [-0.25, -0.2) is 14.5 Å². The van der Waals surface area contributed by atoms with E-state index in [9.17, 15) is 19.7 Å². The number of non-ortho nitro benzene ring substituents is 1. The number of nitrogens with zero attached hydrogens (tertiary/aromatic N) is 5. The third-order valence-corrected chi connectivity index (χ3v) is 7.07. The Morgan fingerprint density at radius 1 is 1.10 bits per heavy atom. The van der Waals surface area contributed by atoms with Crippen LogP contribution < -0.4 is 9.47 Å². The van der Waals surface area contributed by atoms with Crippen LogP contribution in [-0.4, -0.2) is 50.2 Å². The second-order valence-corrected chi connectivity index (χ2v) is 9.88. The van der Waals surface area contributed by atoms with Gasteiger partial charge < -0.3 is 18.9 Å². The molecule has 2 atom stereocenters. The summed E-state index contributed by atoms with van der Waals surface area (Å²) in [5.74, 6) is 0.743. The summed E-state index contributed by atoms with van der Waals surface area (Å²) in [7, 11) is 3.09. The van der Waals surface area contributed by atoms with E-state index in [1.807, 2.05) is 6.07 Å². The van der Waals surface area contributed by atoms with Crippen molar-refractivity contribution < 1.29 is 33.5 Å². The first kappa shape index (κ1) is 27.0. The number of hydrogen-bond donors (Lipinski definition) is 0. The van der Waals surface area contributed by atoms with Crippen LogP contribution in [0.4, 0.5) is 10.5 Å². The lowest BCUT2D eigenvalue weighted by molar-refractivity contribution is -0.384. The molecule has 0 spiro atoms. The van der Waals surface area contributed by atoms with Gasteiger partial charge in [-0.3, -0.25) is 14.9 Å². The van der Waals surface area contributed by atoms with E-state index in [1.54, 1.807) is 13.1 Å². The van der Waals surface area contributed by atoms with Gasteiger partial charge in [0.05, 0.1) is 35.4 Å². The highest BCUT2D eigenvalue weighted by molar-refractivity contribution is 5.72. The van der Waals surface area contributed by atoms with Gasteiger partial charge in [-0.05, 0) is 62.8 Å². The zero-order valence-corrected chi connectivity index (χ0v) is 22.1. The molecule has 2 unspecified atom stereocenters. The predicted octanol–water partition coefficient (Wildman–Crippen LogP) is 4.49. The van der Waals surface area contributed by atoms with Crippen molar-refractivity contribution in [2.45, 2.75) is 57.2 Å². The van der Waals surface area contributed by atoms with E-state index < -0.39 is 11.1 Å². The lowest BCUT2D eigenvalue weighted by Gasteiger charge is -2.28. The topological polar surface area (TPSA) is 158 Å². The number of esters is 1. The number of benzene rings is 1. The largest absolute Gasteiger partial charge is 0.514 e. The van der Waals surface area contributed by atoms with Crippen LogP contribution >= 0.6 is 0 Å². The minimum absolute atomic E-state index is 0.0924. The number of nitro benzene ring substituents is 1. The van der Waals surface area contributed by atoms with Crippen molar-refractivity contribution in [3.63, 3.8) is 0 Å². The summed E-state index contributed by atoms with van der Waals surface area (Å²) in [4.78, 5) is 39.4. The highest BCUT2D eigenvalue weighted by Gasteiger charge is 2.33. The van der Waals surface area contributed by atoms with E-state index >= 15 is 0 Å². The zero-order chi connectivity index (χ0) is 28.2. The minimum Gasteiger partial charge on any atom is -0.488 e. The van der Waals surface area contributed by atoms with Crippen molar-refractivity contribution >= 4 is 17.8 Å². The number of aryl methyl sites for hydroxylation is 1. The van der Waals surface area contributed by atoms with E-state index in [4.69, 9.17) is 23.9 Å². The number of nitro groups is 1. The molecule has 0 bridgehead atoms. The van der Waals surface area contributed by atoms with E-state index in [0.717, 1.165) is 37.8 Å². The molecule has 5 rings (SSSR count). The normalized spacial score (nSPS) is 18.6. The molecule has 1 aromatic carbocycles.